The molecule has 3 heterocycles. The molecule has 11 nitrogen and oxygen atoms in total. The third kappa shape index (κ3) is 2.90. The van der Waals surface area contributed by atoms with Crippen molar-refractivity contribution in [3.8, 4) is 11.5 Å². The zero-order valence-corrected chi connectivity index (χ0v) is 19.9. The average Bonchev–Trinajstić information content (AvgIpc) is 3.08. The molecule has 0 aliphatic carbocycles. The second-order valence-electron chi connectivity index (χ2n) is 9.58. The molecular formula is C25H24N4O7. The van der Waals surface area contributed by atoms with Gasteiger partial charge in [0.05, 0.1) is 10.6 Å². The first-order valence-corrected chi connectivity index (χ1v) is 11.5. The lowest BCUT2D eigenvalue weighted by atomic mass is 9.98. The van der Waals surface area contributed by atoms with E-state index in [-0.39, 0.29) is 55.2 Å². The summed E-state index contributed by atoms with van der Waals surface area (Å²) >= 11 is 0. The minimum atomic E-state index is -2.10. The van der Waals surface area contributed by atoms with Crippen LogP contribution in [-0.2, 0) is 0 Å². The van der Waals surface area contributed by atoms with Crippen molar-refractivity contribution in [3.05, 3.63) is 43.4 Å². The van der Waals surface area contributed by atoms with Crippen molar-refractivity contribution in [1.82, 2.24) is 9.88 Å². The molecule has 3 aromatic carbocycles. The van der Waals surface area contributed by atoms with E-state index in [2.05, 4.69) is 14.8 Å². The molecule has 1 aromatic heterocycles. The number of hydrogen-bond acceptors (Lipinski definition) is 11. The van der Waals surface area contributed by atoms with E-state index in [1.807, 2.05) is 7.05 Å². The second kappa shape index (κ2) is 7.21. The molecule has 0 radical (unpaired) electrons. The zero-order valence-electron chi connectivity index (χ0n) is 19.9. The number of rotatable bonds is 1. The second-order valence-corrected chi connectivity index (χ2v) is 9.58. The molecule has 11 heteroatoms. The Kier molecular flexibility index (Phi) is 4.48. The molecule has 1 saturated heterocycles. The summed E-state index contributed by atoms with van der Waals surface area (Å²) in [6.07, 6.45) is 0. The minimum Gasteiger partial charge on any atom is -0.507 e. The first kappa shape index (κ1) is 22.4. The van der Waals surface area contributed by atoms with Crippen molar-refractivity contribution >= 4 is 50.1 Å². The van der Waals surface area contributed by atoms with Gasteiger partial charge in [0.2, 0.25) is 10.9 Å². The summed E-state index contributed by atoms with van der Waals surface area (Å²) in [5.74, 6) is -3.10. The van der Waals surface area contributed by atoms with E-state index in [1.165, 1.54) is 19.9 Å². The molecule has 2 aliphatic heterocycles. The van der Waals surface area contributed by atoms with E-state index >= 15 is 0 Å². The van der Waals surface area contributed by atoms with Gasteiger partial charge in [0.1, 0.15) is 22.7 Å². The number of aromatic hydroxyl groups is 1. The van der Waals surface area contributed by atoms with Gasteiger partial charge in [-0.15, -0.1) is 0 Å². The number of anilines is 2. The Morgan fingerprint density at radius 2 is 1.78 bits per heavy atom. The summed E-state index contributed by atoms with van der Waals surface area (Å²) in [6, 6.07) is 3.18. The van der Waals surface area contributed by atoms with Crippen LogP contribution in [0.1, 0.15) is 12.5 Å². The molecule has 2 aliphatic rings. The fourth-order valence-corrected chi connectivity index (χ4v) is 5.04. The lowest BCUT2D eigenvalue weighted by molar-refractivity contribution is -0.0776. The molecule has 1 atom stereocenters. The van der Waals surface area contributed by atoms with Crippen molar-refractivity contribution in [1.29, 1.82) is 0 Å². The quantitative estimate of drug-likeness (QED) is 0.168. The highest BCUT2D eigenvalue weighted by Gasteiger charge is 2.39. The Bertz CT molecular complexity index is 1800. The summed E-state index contributed by atoms with van der Waals surface area (Å²) in [5, 5.41) is 32.0. The zero-order chi connectivity index (χ0) is 25.7. The number of nitrogen functional groups attached to an aromatic ring is 1. The minimum absolute atomic E-state index is 0.00120. The van der Waals surface area contributed by atoms with Crippen LogP contribution in [0.25, 0.3) is 38.7 Å². The summed E-state index contributed by atoms with van der Waals surface area (Å²) in [4.78, 5) is 35.2. The van der Waals surface area contributed by atoms with Crippen molar-refractivity contribution < 1.29 is 24.5 Å². The molecular weight excluding hydrogens is 468 g/mol. The first-order valence-electron chi connectivity index (χ1n) is 11.5. The van der Waals surface area contributed by atoms with Crippen LogP contribution in [0.2, 0.25) is 0 Å². The van der Waals surface area contributed by atoms with Crippen LogP contribution in [0, 0.1) is 6.92 Å². The van der Waals surface area contributed by atoms with Gasteiger partial charge in [-0.2, -0.15) is 0 Å². The number of benzene rings is 3. The van der Waals surface area contributed by atoms with Crippen LogP contribution < -0.4 is 31.4 Å². The van der Waals surface area contributed by atoms with Crippen LogP contribution in [-0.4, -0.2) is 64.2 Å². The fourth-order valence-electron chi connectivity index (χ4n) is 5.04. The van der Waals surface area contributed by atoms with Gasteiger partial charge in [0, 0.05) is 61.9 Å². The number of likely N-dealkylation sites (N-methyl/N-ethyl adjacent to an activating group) is 1. The summed E-state index contributed by atoms with van der Waals surface area (Å²) in [6.45, 7) is 5.87. The predicted molar refractivity (Wildman–Crippen MR) is 135 cm³/mol. The summed E-state index contributed by atoms with van der Waals surface area (Å²) in [5.41, 5.74) is 5.58. The van der Waals surface area contributed by atoms with E-state index in [4.69, 9.17) is 14.9 Å². The Morgan fingerprint density at radius 1 is 1.08 bits per heavy atom. The number of aliphatic hydroxyl groups excluding tert-OH is 1. The molecule has 5 N–H and O–H groups in total. The number of phenols is 1. The maximum absolute atomic E-state index is 13.3. The summed E-state index contributed by atoms with van der Waals surface area (Å²) in [7, 11) is 2.03. The fraction of sp³-hybridized carbons (Fsp3) is 0.320. The number of piperazine rings is 1. The molecule has 0 bridgehead atoms. The summed E-state index contributed by atoms with van der Waals surface area (Å²) < 4.78 is 11.5. The van der Waals surface area contributed by atoms with Crippen LogP contribution in [0.4, 0.5) is 11.4 Å². The Balaban J connectivity index is 1.75. The van der Waals surface area contributed by atoms with Gasteiger partial charge in [-0.3, -0.25) is 9.59 Å². The van der Waals surface area contributed by atoms with Crippen molar-refractivity contribution in [2.45, 2.75) is 19.6 Å². The van der Waals surface area contributed by atoms with E-state index in [1.54, 1.807) is 6.07 Å². The number of hydrogen-bond donors (Lipinski definition) is 4. The van der Waals surface area contributed by atoms with Crippen molar-refractivity contribution in [2.75, 3.05) is 43.9 Å². The van der Waals surface area contributed by atoms with E-state index in [9.17, 15) is 24.9 Å². The standard InChI is InChI=1S/C25H24N4O7/c1-10-20(31)15-14(16-22(10)36-25(2,34)24(16)33)19-23(17(26)21(15)32)35-13-9-11(8-12(30)18(13)27-19)29-6-4-28(3)5-7-29/h8-9,31,33-34H,4-7,26H2,1-3H3. The van der Waals surface area contributed by atoms with Gasteiger partial charge in [-0.25, -0.2) is 4.98 Å². The number of ether oxygens (including phenoxy) is 1. The Hall–Kier alpha value is -4.09. The highest BCUT2D eigenvalue weighted by molar-refractivity contribution is 6.13. The normalized spacial score (nSPS) is 20.4. The predicted octanol–water partition coefficient (Wildman–Crippen LogP) is 0.689. The molecule has 0 saturated carbocycles. The lowest BCUT2D eigenvalue weighted by Crippen LogP contribution is -2.44. The molecule has 186 valence electrons. The highest BCUT2D eigenvalue weighted by Crippen LogP contribution is 2.40. The number of aliphatic hydroxyl groups is 2. The van der Waals surface area contributed by atoms with Gasteiger partial charge < -0.3 is 40.0 Å². The van der Waals surface area contributed by atoms with Gasteiger partial charge >= 0.3 is 0 Å². The molecule has 4 aromatic rings. The molecule has 1 fully saturated rings. The van der Waals surface area contributed by atoms with Crippen molar-refractivity contribution in [2.24, 2.45) is 0 Å². The third-order valence-corrected chi connectivity index (χ3v) is 7.13. The van der Waals surface area contributed by atoms with Gasteiger partial charge in [-0.05, 0) is 14.0 Å². The van der Waals surface area contributed by atoms with Gasteiger partial charge in [0.15, 0.2) is 22.4 Å². The maximum Gasteiger partial charge on any atom is 0.264 e. The van der Waals surface area contributed by atoms with E-state index in [0.29, 0.717) is 5.69 Å². The average molecular weight is 492 g/mol. The number of phenolic OH excluding ortho intramolecular Hbond substituents is 1. The van der Waals surface area contributed by atoms with Crippen molar-refractivity contribution in [3.63, 3.8) is 0 Å². The van der Waals surface area contributed by atoms with Crippen LogP contribution in [0.15, 0.2) is 26.1 Å². The highest BCUT2D eigenvalue weighted by atomic mass is 16.6. The molecule has 6 rings (SSSR count). The number of nitrogens with zero attached hydrogens (tertiary/aromatic N) is 3. The third-order valence-electron chi connectivity index (χ3n) is 7.13. The molecule has 0 amide bonds. The van der Waals surface area contributed by atoms with Crippen LogP contribution >= 0.6 is 0 Å². The molecule has 0 spiro atoms. The Labute approximate surface area is 203 Å². The molecule has 1 unspecified atom stereocenters. The first-order chi connectivity index (χ1) is 17.0. The Morgan fingerprint density at radius 3 is 2.47 bits per heavy atom. The smallest absolute Gasteiger partial charge is 0.264 e. The largest absolute Gasteiger partial charge is 0.507 e. The number of aromatic nitrogens is 1. The van der Waals surface area contributed by atoms with Crippen LogP contribution in [0.5, 0.6) is 11.5 Å². The molecule has 36 heavy (non-hydrogen) atoms. The van der Waals surface area contributed by atoms with Crippen LogP contribution in [0.3, 0.4) is 0 Å². The SMILES string of the molecule is Cc1c2c(c3c(c1O)c(=O)c(N)c1oc4cc(N5CCN(C)CC5)cc(=O)c4nc13)=C(O)C(C)(O)O2. The number of nitrogens with two attached hydrogens (primary N) is 1. The monoisotopic (exact) mass is 492 g/mol. The van der Waals surface area contributed by atoms with E-state index < -0.39 is 28.2 Å². The van der Waals surface area contributed by atoms with E-state index in [0.717, 1.165) is 26.2 Å². The lowest BCUT2D eigenvalue weighted by Gasteiger charge is -2.33. The number of fused-ring (bicyclic) bond motifs is 6. The van der Waals surface area contributed by atoms with Gasteiger partial charge in [0.25, 0.3) is 5.79 Å². The topological polar surface area (TPSA) is 163 Å². The van der Waals surface area contributed by atoms with Gasteiger partial charge in [-0.1, -0.05) is 0 Å². The maximum atomic E-state index is 13.3.